The van der Waals surface area contributed by atoms with Crippen LogP contribution in [0, 0.1) is 0 Å². The van der Waals surface area contributed by atoms with Gasteiger partial charge in [0.05, 0.1) is 0 Å². The van der Waals surface area contributed by atoms with Crippen LogP contribution in [0.1, 0.15) is 16.1 Å². The topological polar surface area (TPSA) is 30.2 Å². The molecule has 0 spiro atoms. The van der Waals surface area contributed by atoms with E-state index in [0.717, 1.165) is 21.0 Å². The zero-order valence-electron chi connectivity index (χ0n) is 10.4. The van der Waals surface area contributed by atoms with Crippen LogP contribution in [0.4, 0.5) is 0 Å². The highest BCUT2D eigenvalue weighted by Crippen LogP contribution is 2.24. The lowest BCUT2D eigenvalue weighted by atomic mass is 10.1. The van der Waals surface area contributed by atoms with Crippen molar-refractivity contribution in [2.45, 2.75) is 6.42 Å². The highest BCUT2D eigenvalue weighted by molar-refractivity contribution is 9.10. The first-order valence-electron chi connectivity index (χ1n) is 6.09. The van der Waals surface area contributed by atoms with Crippen molar-refractivity contribution in [3.05, 3.63) is 69.3 Å². The summed E-state index contributed by atoms with van der Waals surface area (Å²) in [5, 5.41) is 1.50. The van der Waals surface area contributed by atoms with E-state index in [-0.39, 0.29) is 12.2 Å². The van der Waals surface area contributed by atoms with Gasteiger partial charge in [-0.2, -0.15) is 0 Å². The number of ketones is 1. The molecule has 2 aromatic carbocycles. The summed E-state index contributed by atoms with van der Waals surface area (Å²) in [4.78, 5) is 12.3. The molecule has 0 fully saturated rings. The van der Waals surface area contributed by atoms with E-state index in [9.17, 15) is 4.79 Å². The van der Waals surface area contributed by atoms with E-state index in [1.165, 1.54) is 0 Å². The van der Waals surface area contributed by atoms with Gasteiger partial charge in [0.15, 0.2) is 5.76 Å². The molecule has 20 heavy (non-hydrogen) atoms. The van der Waals surface area contributed by atoms with Crippen LogP contribution < -0.4 is 0 Å². The Labute approximate surface area is 129 Å². The van der Waals surface area contributed by atoms with E-state index in [2.05, 4.69) is 15.9 Å². The Morgan fingerprint density at radius 2 is 1.95 bits per heavy atom. The summed E-state index contributed by atoms with van der Waals surface area (Å²) in [6, 6.07) is 14.8. The zero-order chi connectivity index (χ0) is 14.1. The third-order valence-corrected chi connectivity index (χ3v) is 3.91. The average molecular weight is 350 g/mol. The maximum absolute atomic E-state index is 12.3. The summed E-state index contributed by atoms with van der Waals surface area (Å²) in [6.45, 7) is 0. The molecule has 100 valence electrons. The van der Waals surface area contributed by atoms with Gasteiger partial charge in [0.1, 0.15) is 5.58 Å². The number of halogens is 2. The summed E-state index contributed by atoms with van der Waals surface area (Å²) in [5.74, 6) is 0.288. The van der Waals surface area contributed by atoms with Crippen LogP contribution in [-0.4, -0.2) is 5.78 Å². The van der Waals surface area contributed by atoms with Gasteiger partial charge in [0.2, 0.25) is 5.78 Å². The Bertz CT molecular complexity index is 759. The first kappa shape index (κ1) is 13.4. The molecule has 0 aliphatic rings. The third-order valence-electron chi connectivity index (χ3n) is 3.07. The Morgan fingerprint density at radius 3 is 2.70 bits per heavy atom. The Morgan fingerprint density at radius 1 is 1.15 bits per heavy atom. The average Bonchev–Trinajstić information content (AvgIpc) is 2.86. The number of carbonyl (C=O) groups excluding carboxylic acids is 1. The molecule has 0 atom stereocenters. The lowest BCUT2D eigenvalue weighted by molar-refractivity contribution is 0.0968. The fourth-order valence-corrected chi connectivity index (χ4v) is 2.78. The second-order valence-electron chi connectivity index (χ2n) is 4.48. The van der Waals surface area contributed by atoms with Gasteiger partial charge in [-0.15, -0.1) is 0 Å². The molecule has 0 N–H and O–H groups in total. The minimum atomic E-state index is -0.0783. The largest absolute Gasteiger partial charge is 0.453 e. The predicted octanol–water partition coefficient (Wildman–Crippen LogP) is 5.27. The molecule has 0 aliphatic carbocycles. The monoisotopic (exact) mass is 348 g/mol. The molecule has 1 aromatic heterocycles. The van der Waals surface area contributed by atoms with Gasteiger partial charge in [-0.25, -0.2) is 0 Å². The van der Waals surface area contributed by atoms with E-state index in [1.54, 1.807) is 12.1 Å². The number of benzene rings is 2. The molecule has 3 aromatic rings. The van der Waals surface area contributed by atoms with Crippen molar-refractivity contribution in [1.82, 2.24) is 0 Å². The third kappa shape index (κ3) is 2.65. The van der Waals surface area contributed by atoms with E-state index >= 15 is 0 Å². The van der Waals surface area contributed by atoms with Crippen LogP contribution in [-0.2, 0) is 6.42 Å². The second-order valence-corrected chi connectivity index (χ2v) is 5.81. The Balaban J connectivity index is 1.89. The van der Waals surface area contributed by atoms with E-state index in [4.69, 9.17) is 16.0 Å². The molecule has 2 nitrogen and oxygen atoms in total. The highest BCUT2D eigenvalue weighted by atomic mass is 79.9. The van der Waals surface area contributed by atoms with Crippen LogP contribution in [0.3, 0.4) is 0 Å². The standard InChI is InChI=1S/C16H10BrClO2/c17-12-6-5-10(13(18)9-12)7-14(19)16-8-11-3-1-2-4-15(11)20-16/h1-6,8-9H,7H2. The molecule has 0 saturated heterocycles. The molecule has 0 amide bonds. The van der Waals surface area contributed by atoms with Crippen molar-refractivity contribution in [2.24, 2.45) is 0 Å². The SMILES string of the molecule is O=C(Cc1ccc(Br)cc1Cl)c1cc2ccccc2o1. The number of carbonyl (C=O) groups is 1. The van der Waals surface area contributed by atoms with Gasteiger partial charge < -0.3 is 4.42 Å². The summed E-state index contributed by atoms with van der Waals surface area (Å²) in [6.07, 6.45) is 0.228. The summed E-state index contributed by atoms with van der Waals surface area (Å²) < 4.78 is 6.45. The number of Topliss-reactive ketones (excluding diaryl/α,β-unsaturated/α-hetero) is 1. The Kier molecular flexibility index (Phi) is 3.64. The van der Waals surface area contributed by atoms with Gasteiger partial charge in [0, 0.05) is 21.3 Å². The van der Waals surface area contributed by atoms with Crippen molar-refractivity contribution in [3.8, 4) is 0 Å². The van der Waals surface area contributed by atoms with Crippen molar-refractivity contribution in [2.75, 3.05) is 0 Å². The fraction of sp³-hybridized carbons (Fsp3) is 0.0625. The first-order valence-corrected chi connectivity index (χ1v) is 7.26. The quantitative estimate of drug-likeness (QED) is 0.603. The smallest absolute Gasteiger partial charge is 0.202 e. The predicted molar refractivity (Wildman–Crippen MR) is 83.4 cm³/mol. The molecule has 0 radical (unpaired) electrons. The molecule has 0 saturated carbocycles. The zero-order valence-corrected chi connectivity index (χ0v) is 12.7. The van der Waals surface area contributed by atoms with E-state index in [1.807, 2.05) is 36.4 Å². The summed E-state index contributed by atoms with van der Waals surface area (Å²) >= 11 is 9.47. The van der Waals surface area contributed by atoms with Crippen LogP contribution in [0.25, 0.3) is 11.0 Å². The number of furan rings is 1. The lowest BCUT2D eigenvalue weighted by Gasteiger charge is -2.02. The minimum Gasteiger partial charge on any atom is -0.453 e. The van der Waals surface area contributed by atoms with E-state index < -0.39 is 0 Å². The van der Waals surface area contributed by atoms with Crippen LogP contribution >= 0.6 is 27.5 Å². The molecule has 4 heteroatoms. The number of fused-ring (bicyclic) bond motifs is 1. The van der Waals surface area contributed by atoms with Gasteiger partial charge in [-0.1, -0.05) is 51.8 Å². The summed E-state index contributed by atoms with van der Waals surface area (Å²) in [7, 11) is 0. The van der Waals surface area contributed by atoms with Crippen LogP contribution in [0.15, 0.2) is 57.4 Å². The van der Waals surface area contributed by atoms with E-state index in [0.29, 0.717) is 10.8 Å². The molecule has 0 unspecified atom stereocenters. The second kappa shape index (κ2) is 5.43. The molecule has 3 rings (SSSR count). The Hall–Kier alpha value is -1.58. The molecule has 0 aliphatic heterocycles. The normalized spacial score (nSPS) is 10.9. The highest BCUT2D eigenvalue weighted by Gasteiger charge is 2.14. The fourth-order valence-electron chi connectivity index (χ4n) is 2.04. The number of rotatable bonds is 3. The van der Waals surface area contributed by atoms with Crippen molar-refractivity contribution >= 4 is 44.3 Å². The first-order chi connectivity index (χ1) is 9.63. The molecular formula is C16H10BrClO2. The minimum absolute atomic E-state index is 0.0783. The summed E-state index contributed by atoms with van der Waals surface area (Å²) in [5.41, 5.74) is 1.51. The lowest BCUT2D eigenvalue weighted by Crippen LogP contribution is -2.02. The van der Waals surface area contributed by atoms with Crippen LogP contribution in [0.2, 0.25) is 5.02 Å². The van der Waals surface area contributed by atoms with Crippen molar-refractivity contribution in [1.29, 1.82) is 0 Å². The van der Waals surface area contributed by atoms with Crippen LogP contribution in [0.5, 0.6) is 0 Å². The molecule has 0 bridgehead atoms. The van der Waals surface area contributed by atoms with Crippen molar-refractivity contribution < 1.29 is 9.21 Å². The molecular weight excluding hydrogens is 340 g/mol. The van der Waals surface area contributed by atoms with Gasteiger partial charge in [-0.3, -0.25) is 4.79 Å². The van der Waals surface area contributed by atoms with Gasteiger partial charge in [-0.05, 0) is 29.8 Å². The van der Waals surface area contributed by atoms with Gasteiger partial charge in [0.25, 0.3) is 0 Å². The number of hydrogen-bond donors (Lipinski definition) is 0. The van der Waals surface area contributed by atoms with Gasteiger partial charge >= 0.3 is 0 Å². The maximum Gasteiger partial charge on any atom is 0.202 e. The number of para-hydroxylation sites is 1. The maximum atomic E-state index is 12.3. The van der Waals surface area contributed by atoms with Crippen molar-refractivity contribution in [3.63, 3.8) is 0 Å². The molecule has 1 heterocycles. The number of hydrogen-bond acceptors (Lipinski definition) is 2.